The molecule has 1 amide bonds. The Morgan fingerprint density at radius 1 is 1.00 bits per heavy atom. The Morgan fingerprint density at radius 3 is 2.44 bits per heavy atom. The molecule has 3 heterocycles. The smallest absolute Gasteiger partial charge is 0.255 e. The first-order valence-corrected chi connectivity index (χ1v) is 9.19. The van der Waals surface area contributed by atoms with Crippen molar-refractivity contribution in [1.29, 1.82) is 0 Å². The van der Waals surface area contributed by atoms with Gasteiger partial charge in [-0.25, -0.2) is 4.68 Å². The molecule has 27 heavy (non-hydrogen) atoms. The standard InChI is InChI=1S/C21H22N4O2/c1-27-19-8-6-18(7-9-19)25-15-17(14-23-25)20-10-5-16(13-22-20)21(26)24-11-3-2-4-12-24/h5-10,13-15H,2-4,11-12H2,1H3. The molecule has 0 N–H and O–H groups in total. The average Bonchev–Trinajstić information content (AvgIpc) is 3.24. The van der Waals surface area contributed by atoms with Crippen LogP contribution in [0.4, 0.5) is 0 Å². The van der Waals surface area contributed by atoms with Crippen molar-refractivity contribution in [2.75, 3.05) is 20.2 Å². The summed E-state index contributed by atoms with van der Waals surface area (Å²) in [6.07, 6.45) is 8.74. The summed E-state index contributed by atoms with van der Waals surface area (Å²) in [5.41, 5.74) is 3.29. The lowest BCUT2D eigenvalue weighted by atomic mass is 10.1. The number of methoxy groups -OCH3 is 1. The van der Waals surface area contributed by atoms with Gasteiger partial charge in [-0.05, 0) is 55.7 Å². The van der Waals surface area contributed by atoms with Crippen LogP contribution in [0, 0.1) is 0 Å². The highest BCUT2D eigenvalue weighted by molar-refractivity contribution is 5.94. The van der Waals surface area contributed by atoms with Gasteiger partial charge in [-0.1, -0.05) is 0 Å². The van der Waals surface area contributed by atoms with Crippen molar-refractivity contribution in [3.63, 3.8) is 0 Å². The highest BCUT2D eigenvalue weighted by atomic mass is 16.5. The number of benzene rings is 1. The molecule has 2 aromatic heterocycles. The molecule has 0 unspecified atom stereocenters. The van der Waals surface area contributed by atoms with Gasteiger partial charge in [0.25, 0.3) is 5.91 Å². The second-order valence-corrected chi connectivity index (χ2v) is 6.66. The molecule has 6 nitrogen and oxygen atoms in total. The Bertz CT molecular complexity index is 910. The summed E-state index contributed by atoms with van der Waals surface area (Å²) in [6.45, 7) is 1.68. The predicted molar refractivity (Wildman–Crippen MR) is 103 cm³/mol. The maximum Gasteiger partial charge on any atom is 0.255 e. The topological polar surface area (TPSA) is 60.2 Å². The molecule has 1 aliphatic heterocycles. The molecule has 4 rings (SSSR count). The van der Waals surface area contributed by atoms with Gasteiger partial charge >= 0.3 is 0 Å². The number of likely N-dealkylation sites (tertiary alicyclic amines) is 1. The molecule has 3 aromatic rings. The number of amides is 1. The Kier molecular flexibility index (Phi) is 4.87. The molecular formula is C21H22N4O2. The van der Waals surface area contributed by atoms with Crippen LogP contribution in [-0.2, 0) is 0 Å². The van der Waals surface area contributed by atoms with Crippen LogP contribution in [0.2, 0.25) is 0 Å². The molecule has 1 aliphatic rings. The second kappa shape index (κ2) is 7.61. The number of ether oxygens (including phenoxy) is 1. The van der Waals surface area contributed by atoms with Crippen LogP contribution in [0.1, 0.15) is 29.6 Å². The van der Waals surface area contributed by atoms with E-state index in [1.165, 1.54) is 6.42 Å². The van der Waals surface area contributed by atoms with Gasteiger partial charge in [0.05, 0.1) is 30.3 Å². The van der Waals surface area contributed by atoms with Gasteiger partial charge in [0.1, 0.15) is 5.75 Å². The minimum absolute atomic E-state index is 0.0719. The number of piperidine rings is 1. The predicted octanol–water partition coefficient (Wildman–Crippen LogP) is 3.57. The highest BCUT2D eigenvalue weighted by Crippen LogP contribution is 2.21. The van der Waals surface area contributed by atoms with E-state index in [4.69, 9.17) is 4.74 Å². The van der Waals surface area contributed by atoms with Gasteiger partial charge in [-0.15, -0.1) is 0 Å². The van der Waals surface area contributed by atoms with E-state index in [2.05, 4.69) is 10.1 Å². The number of carbonyl (C=O) groups is 1. The zero-order chi connectivity index (χ0) is 18.6. The van der Waals surface area contributed by atoms with E-state index < -0.39 is 0 Å². The summed E-state index contributed by atoms with van der Waals surface area (Å²) >= 11 is 0. The molecule has 0 atom stereocenters. The highest BCUT2D eigenvalue weighted by Gasteiger charge is 2.18. The third-order valence-corrected chi connectivity index (χ3v) is 4.87. The van der Waals surface area contributed by atoms with Gasteiger partial charge < -0.3 is 9.64 Å². The van der Waals surface area contributed by atoms with Crippen molar-refractivity contribution in [3.05, 3.63) is 60.6 Å². The minimum atomic E-state index is 0.0719. The first-order chi connectivity index (χ1) is 13.2. The summed E-state index contributed by atoms with van der Waals surface area (Å²) in [6, 6.07) is 11.4. The van der Waals surface area contributed by atoms with E-state index in [1.807, 2.05) is 47.5 Å². The van der Waals surface area contributed by atoms with E-state index >= 15 is 0 Å². The van der Waals surface area contributed by atoms with E-state index in [0.717, 1.165) is 48.6 Å². The molecule has 0 radical (unpaired) electrons. The van der Waals surface area contributed by atoms with Crippen molar-refractivity contribution in [2.45, 2.75) is 19.3 Å². The van der Waals surface area contributed by atoms with Crippen molar-refractivity contribution in [1.82, 2.24) is 19.7 Å². The third kappa shape index (κ3) is 3.69. The molecule has 0 aliphatic carbocycles. The maximum atomic E-state index is 12.5. The zero-order valence-corrected chi connectivity index (χ0v) is 15.3. The number of hydrogen-bond donors (Lipinski definition) is 0. The number of carbonyl (C=O) groups excluding carboxylic acids is 1. The summed E-state index contributed by atoms with van der Waals surface area (Å²) in [4.78, 5) is 18.9. The van der Waals surface area contributed by atoms with Crippen LogP contribution in [-0.4, -0.2) is 45.8 Å². The molecular weight excluding hydrogens is 340 g/mol. The molecule has 1 saturated heterocycles. The van der Waals surface area contributed by atoms with E-state index in [0.29, 0.717) is 5.56 Å². The van der Waals surface area contributed by atoms with Gasteiger partial charge in [0.15, 0.2) is 0 Å². The van der Waals surface area contributed by atoms with Crippen molar-refractivity contribution >= 4 is 5.91 Å². The second-order valence-electron chi connectivity index (χ2n) is 6.66. The van der Waals surface area contributed by atoms with Crippen LogP contribution in [0.15, 0.2) is 55.0 Å². The number of rotatable bonds is 4. The molecule has 138 valence electrons. The number of nitrogens with zero attached hydrogens (tertiary/aromatic N) is 4. The largest absolute Gasteiger partial charge is 0.497 e. The summed E-state index contributed by atoms with van der Waals surface area (Å²) in [5.74, 6) is 0.879. The first-order valence-electron chi connectivity index (χ1n) is 9.19. The first kappa shape index (κ1) is 17.3. The zero-order valence-electron chi connectivity index (χ0n) is 15.3. The normalized spacial score (nSPS) is 14.2. The molecule has 1 aromatic carbocycles. The Morgan fingerprint density at radius 2 is 1.78 bits per heavy atom. The van der Waals surface area contributed by atoms with Crippen LogP contribution in [0.25, 0.3) is 16.9 Å². The Hall–Kier alpha value is -3.15. The number of aromatic nitrogens is 3. The minimum Gasteiger partial charge on any atom is -0.497 e. The van der Waals surface area contributed by atoms with Gasteiger partial charge in [0.2, 0.25) is 0 Å². The van der Waals surface area contributed by atoms with Gasteiger partial charge in [-0.3, -0.25) is 9.78 Å². The number of hydrogen-bond acceptors (Lipinski definition) is 4. The SMILES string of the molecule is COc1ccc(-n2cc(-c3ccc(C(=O)N4CCCCC4)cn3)cn2)cc1. The van der Waals surface area contributed by atoms with Crippen molar-refractivity contribution < 1.29 is 9.53 Å². The lowest BCUT2D eigenvalue weighted by molar-refractivity contribution is 0.0724. The monoisotopic (exact) mass is 362 g/mol. The quantitative estimate of drug-likeness (QED) is 0.712. The van der Waals surface area contributed by atoms with Crippen LogP contribution < -0.4 is 4.74 Å². The molecule has 6 heteroatoms. The van der Waals surface area contributed by atoms with Crippen LogP contribution in [0.3, 0.4) is 0 Å². The van der Waals surface area contributed by atoms with Crippen LogP contribution >= 0.6 is 0 Å². The average molecular weight is 362 g/mol. The third-order valence-electron chi connectivity index (χ3n) is 4.87. The van der Waals surface area contributed by atoms with E-state index in [-0.39, 0.29) is 5.91 Å². The van der Waals surface area contributed by atoms with E-state index in [9.17, 15) is 4.79 Å². The number of pyridine rings is 1. The Balaban J connectivity index is 1.50. The lowest BCUT2D eigenvalue weighted by Gasteiger charge is -2.26. The fourth-order valence-electron chi connectivity index (χ4n) is 3.30. The maximum absolute atomic E-state index is 12.5. The summed E-state index contributed by atoms with van der Waals surface area (Å²) in [5, 5.41) is 4.41. The lowest BCUT2D eigenvalue weighted by Crippen LogP contribution is -2.35. The molecule has 0 bridgehead atoms. The fourth-order valence-corrected chi connectivity index (χ4v) is 3.30. The summed E-state index contributed by atoms with van der Waals surface area (Å²) in [7, 11) is 1.65. The van der Waals surface area contributed by atoms with E-state index in [1.54, 1.807) is 24.2 Å². The van der Waals surface area contributed by atoms with Gasteiger partial charge in [-0.2, -0.15) is 5.10 Å². The summed E-state index contributed by atoms with van der Waals surface area (Å²) < 4.78 is 6.98. The molecule has 1 fully saturated rings. The van der Waals surface area contributed by atoms with Crippen molar-refractivity contribution in [2.24, 2.45) is 0 Å². The molecule has 0 spiro atoms. The van der Waals surface area contributed by atoms with Gasteiger partial charge in [0, 0.05) is 31.0 Å². The Labute approximate surface area is 158 Å². The van der Waals surface area contributed by atoms with Crippen molar-refractivity contribution in [3.8, 4) is 22.7 Å². The van der Waals surface area contributed by atoms with Crippen LogP contribution in [0.5, 0.6) is 5.75 Å². The molecule has 0 saturated carbocycles. The fraction of sp³-hybridized carbons (Fsp3) is 0.286.